The average molecular weight is 498 g/mol. The van der Waals surface area contributed by atoms with Crippen molar-refractivity contribution in [1.82, 2.24) is 15.1 Å². The van der Waals surface area contributed by atoms with Crippen molar-refractivity contribution in [1.29, 1.82) is 0 Å². The summed E-state index contributed by atoms with van der Waals surface area (Å²) in [5.41, 5.74) is 4.63. The lowest BCUT2D eigenvalue weighted by atomic mass is 10.0. The molecule has 8 heteroatoms. The molecule has 0 spiro atoms. The summed E-state index contributed by atoms with van der Waals surface area (Å²) in [4.78, 5) is 12.9. The van der Waals surface area contributed by atoms with E-state index in [1.807, 2.05) is 84.5 Å². The Morgan fingerprint density at radius 2 is 1.65 bits per heavy atom. The van der Waals surface area contributed by atoms with Crippen LogP contribution >= 0.6 is 0 Å². The number of rotatable bonds is 7. The van der Waals surface area contributed by atoms with Crippen LogP contribution in [0.2, 0.25) is 0 Å². The summed E-state index contributed by atoms with van der Waals surface area (Å²) < 4.78 is 24.2. The number of carbonyl (C=O) groups is 1. The van der Waals surface area contributed by atoms with Crippen LogP contribution in [0.25, 0.3) is 16.9 Å². The Labute approximate surface area is 214 Å². The molecule has 1 amide bonds. The molecule has 0 aliphatic carbocycles. The maximum absolute atomic E-state index is 12.9. The molecule has 37 heavy (non-hydrogen) atoms. The molecule has 3 heterocycles. The van der Waals surface area contributed by atoms with Gasteiger partial charge in [-0.3, -0.25) is 4.79 Å². The minimum Gasteiger partial charge on any atom is -0.486 e. The standard InChI is InChI=1S/C29H27N3O5/c1-19(20-7-10-24-26(15-20)35-14-13-34-24)30-28(33)12-9-22-17-32(23-5-3-2-4-6-23)31-29(22)21-8-11-25-27(16-21)37-18-36-25/h2-8,10-11,15-17,19H,9,12-14,18H2,1H3,(H,30,33)/t19-/m0/s1. The number of amides is 1. The molecule has 0 bridgehead atoms. The smallest absolute Gasteiger partial charge is 0.231 e. The topological polar surface area (TPSA) is 83.8 Å². The number of nitrogens with zero attached hydrogens (tertiary/aromatic N) is 2. The van der Waals surface area contributed by atoms with Gasteiger partial charge in [0.15, 0.2) is 23.0 Å². The van der Waals surface area contributed by atoms with E-state index in [0.717, 1.165) is 39.6 Å². The first-order chi connectivity index (χ1) is 18.1. The SMILES string of the molecule is C[C@H](NC(=O)CCc1cn(-c2ccccc2)nc1-c1ccc2c(c1)OCO2)c1ccc2c(c1)OCCO2. The molecular formula is C29H27N3O5. The Morgan fingerprint density at radius 3 is 2.51 bits per heavy atom. The van der Waals surface area contributed by atoms with Gasteiger partial charge >= 0.3 is 0 Å². The molecule has 4 aromatic rings. The molecule has 8 nitrogen and oxygen atoms in total. The number of benzene rings is 3. The first-order valence-corrected chi connectivity index (χ1v) is 12.4. The maximum atomic E-state index is 12.9. The van der Waals surface area contributed by atoms with Crippen LogP contribution in [0.5, 0.6) is 23.0 Å². The molecule has 188 valence electrons. The summed E-state index contributed by atoms with van der Waals surface area (Å²) >= 11 is 0. The van der Waals surface area contributed by atoms with Gasteiger partial charge in [-0.05, 0) is 66.9 Å². The Bertz CT molecular complexity index is 1430. The zero-order chi connectivity index (χ0) is 25.2. The van der Waals surface area contributed by atoms with E-state index in [0.29, 0.717) is 37.6 Å². The number of nitrogens with one attached hydrogen (secondary N) is 1. The van der Waals surface area contributed by atoms with Crippen LogP contribution in [0.1, 0.15) is 30.5 Å². The Kier molecular flexibility index (Phi) is 6.14. The number of hydrogen-bond acceptors (Lipinski definition) is 6. The molecule has 0 unspecified atom stereocenters. The number of fused-ring (bicyclic) bond motifs is 2. The zero-order valence-electron chi connectivity index (χ0n) is 20.5. The van der Waals surface area contributed by atoms with Gasteiger partial charge in [0.25, 0.3) is 0 Å². The molecular weight excluding hydrogens is 470 g/mol. The van der Waals surface area contributed by atoms with Gasteiger partial charge in [-0.25, -0.2) is 4.68 Å². The van der Waals surface area contributed by atoms with Crippen molar-refractivity contribution >= 4 is 5.91 Å². The number of ether oxygens (including phenoxy) is 4. The zero-order valence-corrected chi connectivity index (χ0v) is 20.5. The van der Waals surface area contributed by atoms with E-state index in [4.69, 9.17) is 24.0 Å². The number of hydrogen-bond donors (Lipinski definition) is 1. The van der Waals surface area contributed by atoms with Crippen LogP contribution in [0.4, 0.5) is 0 Å². The summed E-state index contributed by atoms with van der Waals surface area (Å²) in [6.45, 7) is 3.26. The molecule has 1 N–H and O–H groups in total. The normalized spacial score (nSPS) is 14.3. The van der Waals surface area contributed by atoms with E-state index in [-0.39, 0.29) is 18.7 Å². The fourth-order valence-corrected chi connectivity index (χ4v) is 4.57. The molecule has 0 saturated carbocycles. The third-order valence-electron chi connectivity index (χ3n) is 6.52. The van der Waals surface area contributed by atoms with Crippen molar-refractivity contribution < 1.29 is 23.7 Å². The van der Waals surface area contributed by atoms with Crippen LogP contribution < -0.4 is 24.3 Å². The molecule has 2 aliphatic rings. The monoisotopic (exact) mass is 497 g/mol. The molecule has 2 aliphatic heterocycles. The van der Waals surface area contributed by atoms with Gasteiger partial charge in [0.2, 0.25) is 12.7 Å². The van der Waals surface area contributed by atoms with Crippen molar-refractivity contribution in [2.24, 2.45) is 0 Å². The Balaban J connectivity index is 1.19. The van der Waals surface area contributed by atoms with Crippen LogP contribution in [0.15, 0.2) is 72.9 Å². The average Bonchev–Trinajstić information content (AvgIpc) is 3.59. The summed E-state index contributed by atoms with van der Waals surface area (Å²) in [6, 6.07) is 21.3. The van der Waals surface area contributed by atoms with Gasteiger partial charge in [-0.15, -0.1) is 0 Å². The predicted molar refractivity (Wildman–Crippen MR) is 137 cm³/mol. The number of para-hydroxylation sites is 1. The highest BCUT2D eigenvalue weighted by atomic mass is 16.7. The van der Waals surface area contributed by atoms with Gasteiger partial charge in [0.1, 0.15) is 13.2 Å². The molecule has 1 aromatic heterocycles. The van der Waals surface area contributed by atoms with E-state index < -0.39 is 0 Å². The predicted octanol–water partition coefficient (Wildman–Crippen LogP) is 4.85. The highest BCUT2D eigenvalue weighted by Gasteiger charge is 2.20. The first kappa shape index (κ1) is 23.0. The molecule has 0 saturated heterocycles. The second-order valence-corrected chi connectivity index (χ2v) is 9.04. The number of aryl methyl sites for hydroxylation is 1. The van der Waals surface area contributed by atoms with Crippen LogP contribution in [-0.4, -0.2) is 35.7 Å². The molecule has 3 aromatic carbocycles. The quantitative estimate of drug-likeness (QED) is 0.393. The van der Waals surface area contributed by atoms with Gasteiger partial charge in [0.05, 0.1) is 17.4 Å². The first-order valence-electron chi connectivity index (χ1n) is 12.4. The highest BCUT2D eigenvalue weighted by molar-refractivity contribution is 5.77. The number of aromatic nitrogens is 2. The van der Waals surface area contributed by atoms with Crippen LogP contribution in [-0.2, 0) is 11.2 Å². The maximum Gasteiger partial charge on any atom is 0.231 e. The van der Waals surface area contributed by atoms with E-state index in [2.05, 4.69) is 5.32 Å². The van der Waals surface area contributed by atoms with Crippen molar-refractivity contribution in [2.45, 2.75) is 25.8 Å². The molecule has 0 radical (unpaired) electrons. The number of carbonyl (C=O) groups excluding carboxylic acids is 1. The van der Waals surface area contributed by atoms with Crippen molar-refractivity contribution in [3.8, 4) is 39.9 Å². The Hall–Kier alpha value is -4.46. The minimum absolute atomic E-state index is 0.0357. The van der Waals surface area contributed by atoms with E-state index in [9.17, 15) is 4.79 Å². The minimum atomic E-state index is -0.163. The fraction of sp³-hybridized carbons (Fsp3) is 0.241. The summed E-state index contributed by atoms with van der Waals surface area (Å²) in [7, 11) is 0. The highest BCUT2D eigenvalue weighted by Crippen LogP contribution is 2.37. The fourth-order valence-electron chi connectivity index (χ4n) is 4.57. The van der Waals surface area contributed by atoms with Gasteiger partial charge in [-0.2, -0.15) is 5.10 Å². The van der Waals surface area contributed by atoms with E-state index in [1.165, 1.54) is 0 Å². The van der Waals surface area contributed by atoms with Crippen LogP contribution in [0, 0.1) is 0 Å². The van der Waals surface area contributed by atoms with Crippen LogP contribution in [0.3, 0.4) is 0 Å². The van der Waals surface area contributed by atoms with Crippen molar-refractivity contribution in [2.75, 3.05) is 20.0 Å². The second-order valence-electron chi connectivity index (χ2n) is 9.04. The summed E-state index contributed by atoms with van der Waals surface area (Å²) in [6.07, 6.45) is 2.86. The van der Waals surface area contributed by atoms with Gasteiger partial charge in [-0.1, -0.05) is 24.3 Å². The lowest BCUT2D eigenvalue weighted by Gasteiger charge is -2.21. The van der Waals surface area contributed by atoms with Gasteiger partial charge < -0.3 is 24.3 Å². The van der Waals surface area contributed by atoms with Crippen molar-refractivity contribution in [3.05, 3.63) is 84.1 Å². The molecule has 6 rings (SSSR count). The second kappa shape index (κ2) is 9.89. The third kappa shape index (κ3) is 4.82. The molecule has 1 atom stereocenters. The third-order valence-corrected chi connectivity index (χ3v) is 6.52. The lowest BCUT2D eigenvalue weighted by molar-refractivity contribution is -0.121. The van der Waals surface area contributed by atoms with Crippen molar-refractivity contribution in [3.63, 3.8) is 0 Å². The van der Waals surface area contributed by atoms with Gasteiger partial charge in [0, 0.05) is 18.2 Å². The van der Waals surface area contributed by atoms with E-state index >= 15 is 0 Å². The summed E-state index contributed by atoms with van der Waals surface area (Å²) in [5.74, 6) is 2.84. The summed E-state index contributed by atoms with van der Waals surface area (Å²) in [5, 5.41) is 7.97. The van der Waals surface area contributed by atoms with E-state index in [1.54, 1.807) is 0 Å². The largest absolute Gasteiger partial charge is 0.486 e. The Morgan fingerprint density at radius 1 is 0.919 bits per heavy atom. The lowest BCUT2D eigenvalue weighted by Crippen LogP contribution is -2.27. The molecule has 0 fully saturated rings.